The minimum atomic E-state index is -0.429. The normalized spacial score (nSPS) is 15.2. The van der Waals surface area contributed by atoms with Gasteiger partial charge in [-0.05, 0) is 37.1 Å². The summed E-state index contributed by atoms with van der Waals surface area (Å²) < 4.78 is 0. The van der Waals surface area contributed by atoms with Crippen LogP contribution >= 0.6 is 0 Å². The van der Waals surface area contributed by atoms with Gasteiger partial charge in [-0.15, -0.1) is 0 Å². The second-order valence-corrected chi connectivity index (χ2v) is 7.73. The van der Waals surface area contributed by atoms with E-state index in [4.69, 9.17) is 0 Å². The van der Waals surface area contributed by atoms with E-state index in [-0.39, 0.29) is 0 Å². The lowest BCUT2D eigenvalue weighted by molar-refractivity contribution is -0.114. The van der Waals surface area contributed by atoms with E-state index < -0.39 is 23.4 Å². The van der Waals surface area contributed by atoms with Gasteiger partial charge in [0.1, 0.15) is 0 Å². The molecule has 0 N–H and O–H groups in total. The van der Waals surface area contributed by atoms with Gasteiger partial charge in [0.25, 0.3) is 23.4 Å². The third kappa shape index (κ3) is 3.65. The quantitative estimate of drug-likeness (QED) is 0.471. The summed E-state index contributed by atoms with van der Waals surface area (Å²) in [6, 6.07) is 14.3. The highest BCUT2D eigenvalue weighted by molar-refractivity contribution is 6.52. The van der Waals surface area contributed by atoms with Crippen molar-refractivity contribution in [2.45, 2.75) is 38.5 Å². The molecule has 0 spiro atoms. The second-order valence-electron chi connectivity index (χ2n) is 7.73. The van der Waals surface area contributed by atoms with Crippen LogP contribution < -0.4 is 9.80 Å². The fourth-order valence-electron chi connectivity index (χ4n) is 4.19. The number of amides is 2. The summed E-state index contributed by atoms with van der Waals surface area (Å²) in [7, 11) is 0. The van der Waals surface area contributed by atoms with Crippen molar-refractivity contribution in [2.75, 3.05) is 22.9 Å². The molecular formula is C24H24N2O4. The number of nitrogens with zero attached hydrogens (tertiary/aromatic N) is 2. The Labute approximate surface area is 175 Å². The van der Waals surface area contributed by atoms with E-state index in [2.05, 4.69) is 0 Å². The maximum atomic E-state index is 12.2. The van der Waals surface area contributed by atoms with Crippen LogP contribution in [-0.4, -0.2) is 36.5 Å². The molecule has 4 rings (SSSR count). The van der Waals surface area contributed by atoms with Crippen molar-refractivity contribution in [2.24, 2.45) is 0 Å². The molecule has 6 heteroatoms. The molecular weight excluding hydrogens is 380 g/mol. The van der Waals surface area contributed by atoms with Crippen molar-refractivity contribution in [3.8, 4) is 0 Å². The SMILES string of the molecule is O=C1C(=O)N(CCCCCCCCN2C(=O)C(=O)c3ccccc32)c2ccccc21. The minimum absolute atomic E-state index is 0.415. The van der Waals surface area contributed by atoms with Crippen LogP contribution in [0, 0.1) is 0 Å². The van der Waals surface area contributed by atoms with E-state index in [1.54, 1.807) is 34.1 Å². The van der Waals surface area contributed by atoms with Gasteiger partial charge in [0.2, 0.25) is 0 Å². The van der Waals surface area contributed by atoms with Gasteiger partial charge in [0.15, 0.2) is 0 Å². The number of para-hydroxylation sites is 2. The molecule has 2 aliphatic heterocycles. The smallest absolute Gasteiger partial charge is 0.299 e. The van der Waals surface area contributed by atoms with Crippen molar-refractivity contribution >= 4 is 34.8 Å². The van der Waals surface area contributed by atoms with Crippen LogP contribution in [0.1, 0.15) is 59.2 Å². The van der Waals surface area contributed by atoms with E-state index >= 15 is 0 Å². The molecule has 2 amide bonds. The molecule has 0 saturated carbocycles. The molecule has 0 aliphatic carbocycles. The van der Waals surface area contributed by atoms with Gasteiger partial charge in [-0.25, -0.2) is 0 Å². The standard InChI is InChI=1S/C24H24N2O4/c27-21-17-11-5-7-13-19(17)25(23(21)29)15-9-3-1-2-4-10-16-26-20-14-8-6-12-18(20)22(28)24(26)30/h5-8,11-14H,1-4,9-10,15-16H2. The molecule has 0 unspecified atom stereocenters. The molecule has 0 atom stereocenters. The molecule has 0 saturated heterocycles. The molecule has 2 aliphatic rings. The first-order valence-electron chi connectivity index (χ1n) is 10.5. The van der Waals surface area contributed by atoms with Gasteiger partial charge in [0, 0.05) is 13.1 Å². The van der Waals surface area contributed by atoms with Crippen molar-refractivity contribution in [1.82, 2.24) is 0 Å². The van der Waals surface area contributed by atoms with E-state index in [1.807, 2.05) is 24.3 Å². The number of hydrogen-bond acceptors (Lipinski definition) is 4. The Morgan fingerprint density at radius 1 is 0.500 bits per heavy atom. The van der Waals surface area contributed by atoms with Gasteiger partial charge in [-0.3, -0.25) is 19.2 Å². The number of rotatable bonds is 9. The van der Waals surface area contributed by atoms with Gasteiger partial charge < -0.3 is 9.80 Å². The number of carbonyl (C=O) groups is 4. The largest absolute Gasteiger partial charge is 0.305 e. The first-order valence-corrected chi connectivity index (χ1v) is 10.5. The van der Waals surface area contributed by atoms with E-state index in [0.717, 1.165) is 49.9 Å². The Hall–Kier alpha value is -3.28. The first kappa shape index (κ1) is 20.0. The number of fused-ring (bicyclic) bond motifs is 2. The molecule has 2 aromatic carbocycles. The number of Topliss-reactive ketones (excluding diaryl/α,β-unsaturated/α-hetero) is 2. The van der Waals surface area contributed by atoms with Crippen molar-refractivity contribution in [1.29, 1.82) is 0 Å². The molecule has 0 aromatic heterocycles. The van der Waals surface area contributed by atoms with Crippen molar-refractivity contribution in [3.63, 3.8) is 0 Å². The summed E-state index contributed by atoms with van der Waals surface area (Å²) >= 11 is 0. The Morgan fingerprint density at radius 2 is 0.867 bits per heavy atom. The zero-order chi connectivity index (χ0) is 21.1. The van der Waals surface area contributed by atoms with Gasteiger partial charge in [-0.1, -0.05) is 49.9 Å². The van der Waals surface area contributed by atoms with Crippen LogP contribution in [0.25, 0.3) is 0 Å². The summed E-state index contributed by atoms with van der Waals surface area (Å²) in [4.78, 5) is 51.5. The monoisotopic (exact) mass is 404 g/mol. The summed E-state index contributed by atoms with van der Waals surface area (Å²) in [6.07, 6.45) is 5.70. The maximum Gasteiger partial charge on any atom is 0.299 e. The average molecular weight is 404 g/mol. The van der Waals surface area contributed by atoms with Crippen LogP contribution in [0.5, 0.6) is 0 Å². The van der Waals surface area contributed by atoms with Gasteiger partial charge in [-0.2, -0.15) is 0 Å². The van der Waals surface area contributed by atoms with Crippen LogP contribution in [0.4, 0.5) is 11.4 Å². The van der Waals surface area contributed by atoms with E-state index in [1.165, 1.54) is 0 Å². The first-order chi connectivity index (χ1) is 14.6. The van der Waals surface area contributed by atoms with Crippen molar-refractivity contribution < 1.29 is 19.2 Å². The number of anilines is 2. The predicted molar refractivity (Wildman–Crippen MR) is 114 cm³/mol. The molecule has 154 valence electrons. The summed E-state index contributed by atoms with van der Waals surface area (Å²) in [5.41, 5.74) is 2.44. The fourth-order valence-corrected chi connectivity index (χ4v) is 4.19. The second kappa shape index (κ2) is 8.61. The Bertz CT molecular complexity index is 932. The van der Waals surface area contributed by atoms with E-state index in [9.17, 15) is 19.2 Å². The lowest BCUT2D eigenvalue weighted by Gasteiger charge is -2.17. The Morgan fingerprint density at radius 3 is 1.30 bits per heavy atom. The summed E-state index contributed by atoms with van der Waals surface area (Å²) in [5.74, 6) is -1.69. The summed E-state index contributed by atoms with van der Waals surface area (Å²) in [5, 5.41) is 0. The minimum Gasteiger partial charge on any atom is -0.305 e. The van der Waals surface area contributed by atoms with Gasteiger partial charge in [0.05, 0.1) is 22.5 Å². The third-order valence-electron chi connectivity index (χ3n) is 5.77. The number of benzene rings is 2. The highest BCUT2D eigenvalue weighted by atomic mass is 16.2. The van der Waals surface area contributed by atoms with Crippen LogP contribution in [-0.2, 0) is 9.59 Å². The van der Waals surface area contributed by atoms with Crippen LogP contribution in [0.2, 0.25) is 0 Å². The summed E-state index contributed by atoms with van der Waals surface area (Å²) in [6.45, 7) is 1.12. The zero-order valence-electron chi connectivity index (χ0n) is 16.8. The highest BCUT2D eigenvalue weighted by Crippen LogP contribution is 2.30. The molecule has 6 nitrogen and oxygen atoms in total. The number of hydrogen-bond donors (Lipinski definition) is 0. The van der Waals surface area contributed by atoms with Crippen molar-refractivity contribution in [3.05, 3.63) is 59.7 Å². The maximum absolute atomic E-state index is 12.2. The molecule has 2 aromatic rings. The van der Waals surface area contributed by atoms with Crippen LogP contribution in [0.15, 0.2) is 48.5 Å². The zero-order valence-corrected chi connectivity index (χ0v) is 16.8. The lowest BCUT2D eigenvalue weighted by Crippen LogP contribution is -2.30. The topological polar surface area (TPSA) is 74.8 Å². The molecule has 0 fully saturated rings. The lowest BCUT2D eigenvalue weighted by atomic mass is 10.1. The number of ketones is 2. The van der Waals surface area contributed by atoms with Gasteiger partial charge >= 0.3 is 0 Å². The predicted octanol–water partition coefficient (Wildman–Crippen LogP) is 3.79. The molecule has 2 heterocycles. The average Bonchev–Trinajstić information content (AvgIpc) is 3.16. The molecule has 0 radical (unpaired) electrons. The van der Waals surface area contributed by atoms with E-state index in [0.29, 0.717) is 24.2 Å². The fraction of sp³-hybridized carbons (Fsp3) is 0.333. The van der Waals surface area contributed by atoms with Crippen LogP contribution in [0.3, 0.4) is 0 Å². The molecule has 0 bridgehead atoms. The number of carbonyl (C=O) groups excluding carboxylic acids is 4. The third-order valence-corrected chi connectivity index (χ3v) is 5.77. The highest BCUT2D eigenvalue weighted by Gasteiger charge is 2.35. The Balaban J connectivity index is 1.15. The molecule has 30 heavy (non-hydrogen) atoms. The Kier molecular flexibility index (Phi) is 5.74. The number of unbranched alkanes of at least 4 members (excludes halogenated alkanes) is 5.